The van der Waals surface area contributed by atoms with Gasteiger partial charge in [0.1, 0.15) is 31.9 Å². The lowest BCUT2D eigenvalue weighted by molar-refractivity contribution is -0.308. The number of esters is 4. The van der Waals surface area contributed by atoms with E-state index in [9.17, 15) is 47.9 Å². The standard InChI is InChI=1S/C40H47N5O18/c1-20(46)57-19-30-35(60-21(2)47)36(61-22(3)48)37(62-23(4)49)39(63-30)58-18-29(38(55)44-15-33(52)42-13-31(50)41-14-32(51)43-16-34(53)54)45-40(56)59-17-28-26-11-7-5-9-24(26)25-10-6-8-12-27(25)28/h5-12,28-30,35-37,39H,13-19H2,1-4H3,(H,41,50)(H,42,52)(H,43,51)(H,44,55)(H,45,56)(H,53,54)/t29?,30-,35-,36+,37-,39-/m1/s1. The number of aliphatic carboxylic acids is 1. The first-order valence-electron chi connectivity index (χ1n) is 19.3. The molecule has 63 heavy (non-hydrogen) atoms. The molecule has 1 fully saturated rings. The molecule has 2 aromatic carbocycles. The predicted molar refractivity (Wildman–Crippen MR) is 210 cm³/mol. The summed E-state index contributed by atoms with van der Waals surface area (Å²) < 4.78 is 38.7. The van der Waals surface area contributed by atoms with E-state index in [1.165, 1.54) is 0 Å². The van der Waals surface area contributed by atoms with E-state index in [0.717, 1.165) is 49.9 Å². The Morgan fingerprint density at radius 1 is 0.603 bits per heavy atom. The Bertz CT molecular complexity index is 2020. The molecule has 23 heteroatoms. The lowest BCUT2D eigenvalue weighted by atomic mass is 9.98. The minimum Gasteiger partial charge on any atom is -0.480 e. The first-order valence-corrected chi connectivity index (χ1v) is 19.3. The van der Waals surface area contributed by atoms with Crippen LogP contribution < -0.4 is 26.6 Å². The molecule has 6 atom stereocenters. The average molecular weight is 886 g/mol. The third-order valence-electron chi connectivity index (χ3n) is 9.08. The van der Waals surface area contributed by atoms with E-state index < -0.39 is 136 Å². The van der Waals surface area contributed by atoms with Crippen molar-refractivity contribution in [3.8, 4) is 11.1 Å². The molecule has 5 amide bonds. The second kappa shape index (κ2) is 23.2. The van der Waals surface area contributed by atoms with Crippen molar-refractivity contribution in [1.29, 1.82) is 0 Å². The minimum absolute atomic E-state index is 0.166. The van der Waals surface area contributed by atoms with E-state index in [1.54, 1.807) is 0 Å². The van der Waals surface area contributed by atoms with Gasteiger partial charge in [0.2, 0.25) is 23.6 Å². The number of carbonyl (C=O) groups is 10. The second-order valence-corrected chi connectivity index (χ2v) is 13.9. The number of hydrogen-bond acceptors (Lipinski definition) is 17. The number of benzene rings is 2. The molecule has 0 aromatic heterocycles. The van der Waals surface area contributed by atoms with Crippen LogP contribution in [0.4, 0.5) is 4.79 Å². The molecule has 1 saturated heterocycles. The van der Waals surface area contributed by atoms with E-state index >= 15 is 0 Å². The molecule has 1 aliphatic heterocycles. The molecule has 23 nitrogen and oxygen atoms in total. The van der Waals surface area contributed by atoms with Gasteiger partial charge in [-0.2, -0.15) is 0 Å². The summed E-state index contributed by atoms with van der Waals surface area (Å²) in [5, 5.41) is 19.7. The number of nitrogens with one attached hydrogen (secondary N) is 5. The molecule has 2 aliphatic rings. The van der Waals surface area contributed by atoms with Crippen molar-refractivity contribution in [3.63, 3.8) is 0 Å². The summed E-state index contributed by atoms with van der Waals surface area (Å²) in [7, 11) is 0. The minimum atomic E-state index is -1.75. The maximum Gasteiger partial charge on any atom is 0.407 e. The molecule has 1 heterocycles. The lowest BCUT2D eigenvalue weighted by Gasteiger charge is -2.44. The van der Waals surface area contributed by atoms with Crippen molar-refractivity contribution >= 4 is 59.6 Å². The fourth-order valence-electron chi connectivity index (χ4n) is 6.49. The number of rotatable bonds is 20. The monoisotopic (exact) mass is 885 g/mol. The van der Waals surface area contributed by atoms with Crippen LogP contribution in [0.1, 0.15) is 44.7 Å². The van der Waals surface area contributed by atoms with Crippen molar-refractivity contribution in [2.45, 2.75) is 70.4 Å². The Hall–Kier alpha value is -7.14. The molecule has 1 aliphatic carbocycles. The van der Waals surface area contributed by atoms with E-state index in [4.69, 9.17) is 38.3 Å². The van der Waals surface area contributed by atoms with E-state index in [0.29, 0.717) is 0 Å². The predicted octanol–water partition coefficient (Wildman–Crippen LogP) is -1.46. The quantitative estimate of drug-likeness (QED) is 0.0654. The topological polar surface area (TPSA) is 316 Å². The number of hydrogen-bond donors (Lipinski definition) is 6. The summed E-state index contributed by atoms with van der Waals surface area (Å²) >= 11 is 0. The molecule has 4 rings (SSSR count). The molecule has 2 aromatic rings. The van der Waals surface area contributed by atoms with E-state index in [2.05, 4.69) is 21.3 Å². The first-order chi connectivity index (χ1) is 29.9. The summed E-state index contributed by atoms with van der Waals surface area (Å²) in [5.74, 6) is -8.71. The number of fused-ring (bicyclic) bond motifs is 3. The fraction of sp³-hybridized carbons (Fsp3) is 0.450. The van der Waals surface area contributed by atoms with Gasteiger partial charge >= 0.3 is 35.9 Å². The van der Waals surface area contributed by atoms with Crippen LogP contribution in [-0.2, 0) is 76.3 Å². The zero-order valence-electron chi connectivity index (χ0n) is 34.5. The average Bonchev–Trinajstić information content (AvgIpc) is 3.55. The van der Waals surface area contributed by atoms with Gasteiger partial charge in [-0.15, -0.1) is 0 Å². The highest BCUT2D eigenvalue weighted by atomic mass is 16.7. The lowest BCUT2D eigenvalue weighted by Crippen LogP contribution is -2.63. The van der Waals surface area contributed by atoms with E-state index in [-0.39, 0.29) is 12.5 Å². The Labute approximate surface area is 359 Å². The van der Waals surface area contributed by atoms with Crippen LogP contribution in [0.25, 0.3) is 11.1 Å². The third-order valence-corrected chi connectivity index (χ3v) is 9.08. The third kappa shape index (κ3) is 14.8. The second-order valence-electron chi connectivity index (χ2n) is 13.9. The van der Waals surface area contributed by atoms with Crippen molar-refractivity contribution in [2.75, 3.05) is 46.0 Å². The normalized spacial score (nSPS) is 19.0. The summed E-state index contributed by atoms with van der Waals surface area (Å²) in [5.41, 5.74) is 3.70. The van der Waals surface area contributed by atoms with Crippen molar-refractivity contribution in [1.82, 2.24) is 26.6 Å². The van der Waals surface area contributed by atoms with Crippen LogP contribution in [0.15, 0.2) is 48.5 Å². The van der Waals surface area contributed by atoms with Crippen molar-refractivity contribution in [2.24, 2.45) is 0 Å². The number of carboxylic acids is 1. The van der Waals surface area contributed by atoms with Crippen LogP contribution in [-0.4, -0.2) is 147 Å². The molecule has 0 saturated carbocycles. The Morgan fingerprint density at radius 3 is 1.62 bits per heavy atom. The molecule has 340 valence electrons. The van der Waals surface area contributed by atoms with Gasteiger partial charge in [0.05, 0.1) is 26.2 Å². The molecule has 1 unspecified atom stereocenters. The highest BCUT2D eigenvalue weighted by Gasteiger charge is 2.53. The first kappa shape index (κ1) is 48.5. The van der Waals surface area contributed by atoms with Gasteiger partial charge in [-0.05, 0) is 22.3 Å². The zero-order valence-corrected chi connectivity index (χ0v) is 34.5. The maximum atomic E-state index is 13.6. The summed E-state index contributed by atoms with van der Waals surface area (Å²) in [4.78, 5) is 122. The molecular formula is C40H47N5O18. The van der Waals surface area contributed by atoms with E-state index in [1.807, 2.05) is 53.8 Å². The number of carbonyl (C=O) groups excluding carboxylic acids is 9. The Kier molecular flexibility index (Phi) is 17.9. The van der Waals surface area contributed by atoms with Crippen LogP contribution >= 0.6 is 0 Å². The largest absolute Gasteiger partial charge is 0.480 e. The highest BCUT2D eigenvalue weighted by Crippen LogP contribution is 2.44. The van der Waals surface area contributed by atoms with Gasteiger partial charge in [-0.1, -0.05) is 48.5 Å². The number of carboxylic acid groups (broad SMARTS) is 1. The maximum absolute atomic E-state index is 13.6. The van der Waals surface area contributed by atoms with Crippen molar-refractivity contribution in [3.05, 3.63) is 59.7 Å². The molecule has 0 bridgehead atoms. The Morgan fingerprint density at radius 2 is 1.10 bits per heavy atom. The van der Waals surface area contributed by atoms with Gasteiger partial charge in [-0.3, -0.25) is 43.2 Å². The van der Waals surface area contributed by atoms with Gasteiger partial charge in [0.15, 0.2) is 24.6 Å². The molecule has 6 N–H and O–H groups in total. The van der Waals surface area contributed by atoms with Gasteiger partial charge in [-0.25, -0.2) is 4.79 Å². The van der Waals surface area contributed by atoms with Gasteiger partial charge < -0.3 is 64.8 Å². The summed E-state index contributed by atoms with van der Waals surface area (Å²) in [6.45, 7) is -0.0494. The number of amides is 5. The zero-order chi connectivity index (χ0) is 46.2. The van der Waals surface area contributed by atoms with Crippen LogP contribution in [0.3, 0.4) is 0 Å². The molecule has 0 spiro atoms. The number of alkyl carbamates (subject to hydrolysis) is 1. The highest BCUT2D eigenvalue weighted by molar-refractivity contribution is 5.92. The van der Waals surface area contributed by atoms with Crippen molar-refractivity contribution < 1.29 is 86.2 Å². The molecule has 0 radical (unpaired) electrons. The van der Waals surface area contributed by atoms with Crippen LogP contribution in [0.2, 0.25) is 0 Å². The van der Waals surface area contributed by atoms with Gasteiger partial charge in [0, 0.05) is 33.6 Å². The van der Waals surface area contributed by atoms with Gasteiger partial charge in [0.25, 0.3) is 0 Å². The fourth-order valence-corrected chi connectivity index (χ4v) is 6.49. The van der Waals surface area contributed by atoms with Crippen LogP contribution in [0.5, 0.6) is 0 Å². The number of ether oxygens (including phenoxy) is 7. The van der Waals surface area contributed by atoms with Crippen LogP contribution in [0, 0.1) is 0 Å². The smallest absolute Gasteiger partial charge is 0.407 e. The molecular weight excluding hydrogens is 838 g/mol. The summed E-state index contributed by atoms with van der Waals surface area (Å²) in [6.07, 6.45) is -9.06. The summed E-state index contributed by atoms with van der Waals surface area (Å²) in [6, 6.07) is 13.4. The SMILES string of the molecule is CC(=O)OC[C@H]1O[C@@H](OCC(NC(=O)OCC2c3ccccc3-c3ccccc32)C(=O)NCC(=O)NCC(=O)NCC(=O)NCC(=O)O)[C@H](OC(C)=O)[C@@H](OC(C)=O)[C@@H]1OC(C)=O. The Balaban J connectivity index is 1.51.